The van der Waals surface area contributed by atoms with Crippen molar-refractivity contribution in [1.82, 2.24) is 14.7 Å². The van der Waals surface area contributed by atoms with Gasteiger partial charge in [0.1, 0.15) is 17.2 Å². The van der Waals surface area contributed by atoms with Crippen molar-refractivity contribution in [2.45, 2.75) is 18.8 Å². The van der Waals surface area contributed by atoms with Crippen LogP contribution in [0.4, 0.5) is 10.1 Å². The summed E-state index contributed by atoms with van der Waals surface area (Å²) in [4.78, 5) is 17.0. The number of pyridine rings is 1. The topological polar surface area (TPSA) is 58.4 Å². The largest absolute Gasteiger partial charge is 0.319 e. The highest BCUT2D eigenvalue weighted by Gasteiger charge is 2.19. The smallest absolute Gasteiger partial charge is 0.274 e. The number of rotatable bonds is 3. The molecule has 0 radical (unpaired) electrons. The maximum Gasteiger partial charge on any atom is 0.274 e. The zero-order valence-corrected chi connectivity index (χ0v) is 14.8. The van der Waals surface area contributed by atoms with Crippen molar-refractivity contribution in [2.24, 2.45) is 0 Å². The number of carbonyl (C=O) groups excluding carboxylic acids is 1. The number of nitrogens with one attached hydrogen (secondary N) is 2. The highest BCUT2D eigenvalue weighted by molar-refractivity contribution is 6.34. The summed E-state index contributed by atoms with van der Waals surface area (Å²) < 4.78 is 15.4. The van der Waals surface area contributed by atoms with Gasteiger partial charge in [-0.3, -0.25) is 9.20 Å². The Hall–Kier alpha value is -2.44. The summed E-state index contributed by atoms with van der Waals surface area (Å²) in [5.41, 5.74) is 2.50. The summed E-state index contributed by atoms with van der Waals surface area (Å²) in [5.74, 6) is -0.486. The first-order valence-corrected chi connectivity index (χ1v) is 8.94. The quantitative estimate of drug-likeness (QED) is 0.734. The monoisotopic (exact) mass is 372 g/mol. The number of hydrogen-bond donors (Lipinski definition) is 2. The molecule has 134 valence electrons. The number of piperidine rings is 1. The first-order valence-electron chi connectivity index (χ1n) is 8.56. The Labute approximate surface area is 155 Å². The van der Waals surface area contributed by atoms with Crippen LogP contribution in [0.3, 0.4) is 0 Å². The van der Waals surface area contributed by atoms with Crippen LogP contribution in [-0.4, -0.2) is 28.4 Å². The Kier molecular flexibility index (Phi) is 4.61. The van der Waals surface area contributed by atoms with E-state index in [9.17, 15) is 9.18 Å². The molecular weight excluding hydrogens is 355 g/mol. The van der Waals surface area contributed by atoms with Gasteiger partial charge in [-0.05, 0) is 55.6 Å². The van der Waals surface area contributed by atoms with E-state index in [2.05, 4.69) is 21.7 Å². The number of imidazole rings is 1. The number of anilines is 1. The number of fused-ring (bicyclic) bond motifs is 1. The van der Waals surface area contributed by atoms with Crippen molar-refractivity contribution < 1.29 is 9.18 Å². The Morgan fingerprint density at radius 1 is 1.27 bits per heavy atom. The van der Waals surface area contributed by atoms with Crippen LogP contribution in [0.1, 0.15) is 34.8 Å². The van der Waals surface area contributed by atoms with Crippen molar-refractivity contribution >= 4 is 28.8 Å². The fraction of sp³-hybridized carbons (Fsp3) is 0.263. The summed E-state index contributed by atoms with van der Waals surface area (Å²) in [6, 6.07) is 8.30. The molecule has 1 aliphatic heterocycles. The molecule has 3 aromatic rings. The summed E-state index contributed by atoms with van der Waals surface area (Å²) in [5, 5.41) is 5.91. The molecule has 0 bridgehead atoms. The second kappa shape index (κ2) is 7.05. The van der Waals surface area contributed by atoms with Gasteiger partial charge in [0.2, 0.25) is 0 Å². The first kappa shape index (κ1) is 17.0. The molecule has 4 rings (SSSR count). The second-order valence-corrected chi connectivity index (χ2v) is 6.79. The molecule has 26 heavy (non-hydrogen) atoms. The van der Waals surface area contributed by atoms with Crippen LogP contribution in [0.15, 0.2) is 42.7 Å². The molecule has 3 heterocycles. The minimum Gasteiger partial charge on any atom is -0.319 e. The molecule has 1 fully saturated rings. The van der Waals surface area contributed by atoms with Gasteiger partial charge in [0, 0.05) is 6.20 Å². The maximum absolute atomic E-state index is 13.6. The van der Waals surface area contributed by atoms with E-state index in [1.165, 1.54) is 23.9 Å². The average molecular weight is 373 g/mol. The van der Waals surface area contributed by atoms with Gasteiger partial charge in [-0.25, -0.2) is 9.37 Å². The summed E-state index contributed by atoms with van der Waals surface area (Å²) >= 11 is 5.93. The minimum absolute atomic E-state index is 0.106. The van der Waals surface area contributed by atoms with Crippen LogP contribution in [0.5, 0.6) is 0 Å². The zero-order valence-electron chi connectivity index (χ0n) is 14.0. The van der Waals surface area contributed by atoms with Crippen LogP contribution < -0.4 is 10.6 Å². The van der Waals surface area contributed by atoms with Crippen LogP contribution in [0, 0.1) is 5.82 Å². The summed E-state index contributed by atoms with van der Waals surface area (Å²) in [7, 11) is 0. The van der Waals surface area contributed by atoms with Crippen LogP contribution in [0.2, 0.25) is 5.02 Å². The molecule has 1 saturated heterocycles. The Bertz CT molecular complexity index is 965. The Balaban J connectivity index is 1.65. The zero-order chi connectivity index (χ0) is 18.1. The van der Waals surface area contributed by atoms with Gasteiger partial charge in [0.15, 0.2) is 0 Å². The molecule has 0 atom stereocenters. The Morgan fingerprint density at radius 2 is 2.08 bits per heavy atom. The molecule has 1 aliphatic rings. The second-order valence-electron chi connectivity index (χ2n) is 6.41. The fourth-order valence-corrected chi connectivity index (χ4v) is 3.52. The van der Waals surface area contributed by atoms with Gasteiger partial charge in [-0.2, -0.15) is 0 Å². The van der Waals surface area contributed by atoms with Crippen molar-refractivity contribution in [3.63, 3.8) is 0 Å². The standard InChI is InChI=1S/C19H18ClFN4O/c20-18-14(21)2-1-3-15(18)24-19(26)16-10-23-17-5-4-13(11-25(16)17)12-6-8-22-9-7-12/h1-5,10-12,22H,6-9H2,(H,24,26). The normalized spacial score (nSPS) is 15.3. The van der Waals surface area contributed by atoms with Crippen molar-refractivity contribution in [3.05, 3.63) is 64.8 Å². The van der Waals surface area contributed by atoms with Crippen molar-refractivity contribution in [3.8, 4) is 0 Å². The molecule has 2 N–H and O–H groups in total. The highest BCUT2D eigenvalue weighted by Crippen LogP contribution is 2.27. The predicted molar refractivity (Wildman–Crippen MR) is 99.4 cm³/mol. The molecule has 5 nitrogen and oxygen atoms in total. The van der Waals surface area contributed by atoms with Gasteiger partial charge in [-0.15, -0.1) is 0 Å². The number of nitrogens with zero attached hydrogens (tertiary/aromatic N) is 2. The lowest BCUT2D eigenvalue weighted by Gasteiger charge is -2.23. The number of aromatic nitrogens is 2. The molecule has 7 heteroatoms. The summed E-state index contributed by atoms with van der Waals surface area (Å²) in [6.45, 7) is 2.00. The molecule has 1 aromatic carbocycles. The molecular formula is C19H18ClFN4O. The van der Waals surface area contributed by atoms with E-state index in [1.54, 1.807) is 10.5 Å². The third kappa shape index (κ3) is 3.18. The third-order valence-corrected chi connectivity index (χ3v) is 5.16. The molecule has 0 spiro atoms. The lowest BCUT2D eigenvalue weighted by molar-refractivity contribution is 0.102. The van der Waals surface area contributed by atoms with Crippen LogP contribution in [-0.2, 0) is 0 Å². The van der Waals surface area contributed by atoms with Crippen molar-refractivity contribution in [1.29, 1.82) is 0 Å². The highest BCUT2D eigenvalue weighted by atomic mass is 35.5. The number of halogens is 2. The SMILES string of the molecule is O=C(Nc1cccc(F)c1Cl)c1cnc2ccc(C3CCNCC3)cn12. The Morgan fingerprint density at radius 3 is 2.88 bits per heavy atom. The maximum atomic E-state index is 13.6. The fourth-order valence-electron chi connectivity index (χ4n) is 3.35. The number of benzene rings is 1. The molecule has 1 amide bonds. The van der Waals surface area contributed by atoms with Gasteiger partial charge in [0.05, 0.1) is 16.9 Å². The third-order valence-electron chi connectivity index (χ3n) is 4.77. The van der Waals surface area contributed by atoms with E-state index >= 15 is 0 Å². The van der Waals surface area contributed by atoms with Crippen molar-refractivity contribution in [2.75, 3.05) is 18.4 Å². The lowest BCUT2D eigenvalue weighted by Crippen LogP contribution is -2.26. The lowest BCUT2D eigenvalue weighted by atomic mass is 9.91. The first-order chi connectivity index (χ1) is 12.6. The van der Waals surface area contributed by atoms with Gasteiger partial charge < -0.3 is 10.6 Å². The number of hydrogen-bond acceptors (Lipinski definition) is 3. The van der Waals surface area contributed by atoms with Crippen LogP contribution >= 0.6 is 11.6 Å². The van der Waals surface area contributed by atoms with E-state index < -0.39 is 5.82 Å². The molecule has 0 unspecified atom stereocenters. The van der Waals surface area contributed by atoms with E-state index in [0.29, 0.717) is 17.3 Å². The molecule has 0 saturated carbocycles. The van der Waals surface area contributed by atoms with Crippen LogP contribution in [0.25, 0.3) is 5.65 Å². The summed E-state index contributed by atoms with van der Waals surface area (Å²) in [6.07, 6.45) is 5.63. The molecule has 2 aromatic heterocycles. The molecule has 0 aliphatic carbocycles. The average Bonchev–Trinajstić information content (AvgIpc) is 3.09. The van der Waals surface area contributed by atoms with Gasteiger partial charge in [-0.1, -0.05) is 23.7 Å². The van der Waals surface area contributed by atoms with Gasteiger partial charge in [0.25, 0.3) is 5.91 Å². The van der Waals surface area contributed by atoms with E-state index in [0.717, 1.165) is 25.9 Å². The minimum atomic E-state index is -0.573. The van der Waals surface area contributed by atoms with E-state index in [1.807, 2.05) is 12.3 Å². The predicted octanol–water partition coefficient (Wildman–Crippen LogP) is 3.85. The van der Waals surface area contributed by atoms with Gasteiger partial charge >= 0.3 is 0 Å². The van der Waals surface area contributed by atoms with E-state index in [4.69, 9.17) is 11.6 Å². The van der Waals surface area contributed by atoms with E-state index in [-0.39, 0.29) is 16.6 Å². The number of carbonyl (C=O) groups is 1. The number of amides is 1.